The van der Waals surface area contributed by atoms with Crippen molar-refractivity contribution in [2.75, 3.05) is 0 Å². The molecule has 2 aromatic rings. The van der Waals surface area contributed by atoms with Crippen molar-refractivity contribution in [1.29, 1.82) is 0 Å². The van der Waals surface area contributed by atoms with E-state index in [0.717, 1.165) is 12.1 Å². The van der Waals surface area contributed by atoms with Crippen LogP contribution in [-0.2, 0) is 10.0 Å². The molecule has 0 spiro atoms. The number of halogens is 1. The average Bonchev–Trinajstić information content (AvgIpc) is 2.77. The van der Waals surface area contributed by atoms with E-state index in [4.69, 9.17) is 4.52 Å². The van der Waals surface area contributed by atoms with Gasteiger partial charge in [0.2, 0.25) is 0 Å². The number of carbonyl (C=O) groups is 1. The van der Waals surface area contributed by atoms with Crippen LogP contribution in [0.15, 0.2) is 33.7 Å². The van der Waals surface area contributed by atoms with Crippen LogP contribution in [0.2, 0.25) is 0 Å². The summed E-state index contributed by atoms with van der Waals surface area (Å²) in [4.78, 5) is 13.5. The van der Waals surface area contributed by atoms with Gasteiger partial charge in [0.15, 0.2) is 5.76 Å². The van der Waals surface area contributed by atoms with E-state index in [9.17, 15) is 17.6 Å². The van der Waals surface area contributed by atoms with E-state index in [1.54, 1.807) is 0 Å². The Morgan fingerprint density at radius 1 is 1.24 bits per heavy atom. The van der Waals surface area contributed by atoms with E-state index in [1.807, 2.05) is 10.3 Å². The van der Waals surface area contributed by atoms with Gasteiger partial charge in [-0.2, -0.15) is 0 Å². The summed E-state index contributed by atoms with van der Waals surface area (Å²) >= 11 is 0. The lowest BCUT2D eigenvalue weighted by atomic mass is 10.2. The van der Waals surface area contributed by atoms with Crippen LogP contribution in [0.3, 0.4) is 0 Å². The first-order chi connectivity index (χ1) is 9.81. The van der Waals surface area contributed by atoms with E-state index in [1.165, 1.54) is 26.0 Å². The molecule has 1 heterocycles. The Labute approximate surface area is 120 Å². The summed E-state index contributed by atoms with van der Waals surface area (Å²) < 4.78 is 41.6. The van der Waals surface area contributed by atoms with Crippen LogP contribution in [-0.4, -0.2) is 19.5 Å². The number of aromatic nitrogens is 1. The van der Waals surface area contributed by atoms with Gasteiger partial charge in [-0.1, -0.05) is 5.16 Å². The highest BCUT2D eigenvalue weighted by Gasteiger charge is 2.24. The lowest BCUT2D eigenvalue weighted by Crippen LogP contribution is -2.41. The lowest BCUT2D eigenvalue weighted by Gasteiger charge is -2.08. The molecule has 0 unspecified atom stereocenters. The van der Waals surface area contributed by atoms with Crippen molar-refractivity contribution in [3.8, 4) is 0 Å². The number of sulfonamides is 1. The number of benzene rings is 1. The second-order valence-corrected chi connectivity index (χ2v) is 5.84. The number of hydrogen-bond donors (Lipinski definition) is 2. The minimum Gasteiger partial charge on any atom is -0.360 e. The summed E-state index contributed by atoms with van der Waals surface area (Å²) in [7, 11) is -4.00. The summed E-state index contributed by atoms with van der Waals surface area (Å²) in [5.41, 5.74) is 2.32. The standard InChI is InChI=1S/C12H12FN3O4S/c1-7-11(8(2)20-15-7)21(18,19)16-14-12(17)9-3-5-10(13)6-4-9/h3-6,16H,1-2H3,(H,14,17). The maximum atomic E-state index is 12.7. The molecule has 0 bridgehead atoms. The molecule has 0 atom stereocenters. The topological polar surface area (TPSA) is 101 Å². The maximum absolute atomic E-state index is 12.7. The first-order valence-corrected chi connectivity index (χ1v) is 7.30. The zero-order valence-corrected chi connectivity index (χ0v) is 12.0. The molecule has 1 aromatic heterocycles. The molecular formula is C12H12FN3O4S. The highest BCUT2D eigenvalue weighted by atomic mass is 32.2. The number of rotatable bonds is 4. The number of hydrazine groups is 1. The molecule has 7 nitrogen and oxygen atoms in total. The van der Waals surface area contributed by atoms with Crippen molar-refractivity contribution in [3.05, 3.63) is 47.1 Å². The number of nitrogens with zero attached hydrogens (tertiary/aromatic N) is 1. The summed E-state index contributed by atoms with van der Waals surface area (Å²) in [6.07, 6.45) is 0. The quantitative estimate of drug-likeness (QED) is 0.822. The van der Waals surface area contributed by atoms with Crippen molar-refractivity contribution >= 4 is 15.9 Å². The Bertz CT molecular complexity index is 749. The summed E-state index contributed by atoms with van der Waals surface area (Å²) in [5.74, 6) is -1.11. The molecule has 9 heteroatoms. The van der Waals surface area contributed by atoms with Gasteiger partial charge in [0.25, 0.3) is 15.9 Å². The van der Waals surface area contributed by atoms with Crippen molar-refractivity contribution in [1.82, 2.24) is 15.4 Å². The van der Waals surface area contributed by atoms with Gasteiger partial charge >= 0.3 is 0 Å². The van der Waals surface area contributed by atoms with E-state index < -0.39 is 21.7 Å². The van der Waals surface area contributed by atoms with Gasteiger partial charge < -0.3 is 4.52 Å². The molecule has 2 rings (SSSR count). The second-order valence-electron chi connectivity index (χ2n) is 4.22. The predicted octanol–water partition coefficient (Wildman–Crippen LogP) is 1.05. The largest absolute Gasteiger partial charge is 0.360 e. The number of hydrogen-bond acceptors (Lipinski definition) is 5. The van der Waals surface area contributed by atoms with Crippen LogP contribution in [0, 0.1) is 19.7 Å². The summed E-state index contributed by atoms with van der Waals surface area (Å²) in [5, 5.41) is 3.53. The predicted molar refractivity (Wildman–Crippen MR) is 70.2 cm³/mol. The number of carbonyl (C=O) groups excluding carboxylic acids is 1. The van der Waals surface area contributed by atoms with Crippen LogP contribution in [0.5, 0.6) is 0 Å². The van der Waals surface area contributed by atoms with Gasteiger partial charge in [-0.15, -0.1) is 4.83 Å². The molecule has 21 heavy (non-hydrogen) atoms. The van der Waals surface area contributed by atoms with Gasteiger partial charge in [0, 0.05) is 5.56 Å². The molecule has 0 radical (unpaired) electrons. The third-order valence-corrected chi connectivity index (χ3v) is 4.13. The van der Waals surface area contributed by atoms with E-state index in [0.29, 0.717) is 0 Å². The zero-order valence-electron chi connectivity index (χ0n) is 11.2. The minimum atomic E-state index is -4.00. The minimum absolute atomic E-state index is 0.107. The number of aryl methyl sites for hydroxylation is 2. The molecule has 0 aliphatic heterocycles. The van der Waals surface area contributed by atoms with Gasteiger partial charge in [-0.05, 0) is 38.1 Å². The molecule has 1 amide bonds. The molecular weight excluding hydrogens is 301 g/mol. The number of amides is 1. The molecule has 112 valence electrons. The Morgan fingerprint density at radius 2 is 1.86 bits per heavy atom. The van der Waals surface area contributed by atoms with Gasteiger partial charge in [-0.25, -0.2) is 12.8 Å². The van der Waals surface area contributed by atoms with E-state index in [2.05, 4.69) is 5.16 Å². The fraction of sp³-hybridized carbons (Fsp3) is 0.167. The Kier molecular flexibility index (Phi) is 4.05. The average molecular weight is 313 g/mol. The monoisotopic (exact) mass is 313 g/mol. The molecule has 0 aliphatic rings. The van der Waals surface area contributed by atoms with Crippen molar-refractivity contribution in [3.63, 3.8) is 0 Å². The van der Waals surface area contributed by atoms with Crippen LogP contribution in [0.4, 0.5) is 4.39 Å². The van der Waals surface area contributed by atoms with Crippen molar-refractivity contribution in [2.45, 2.75) is 18.7 Å². The first-order valence-electron chi connectivity index (χ1n) is 5.82. The highest BCUT2D eigenvalue weighted by molar-refractivity contribution is 7.89. The van der Waals surface area contributed by atoms with E-state index in [-0.39, 0.29) is 21.9 Å². The summed E-state index contributed by atoms with van der Waals surface area (Å²) in [6.45, 7) is 2.91. The number of nitrogens with one attached hydrogen (secondary N) is 2. The second kappa shape index (κ2) is 5.62. The van der Waals surface area contributed by atoms with Crippen LogP contribution in [0.25, 0.3) is 0 Å². The fourth-order valence-electron chi connectivity index (χ4n) is 1.70. The Hall–Kier alpha value is -2.26. The molecule has 1 aromatic carbocycles. The van der Waals surface area contributed by atoms with Crippen molar-refractivity contribution in [2.24, 2.45) is 0 Å². The maximum Gasteiger partial charge on any atom is 0.266 e. The Morgan fingerprint density at radius 3 is 2.38 bits per heavy atom. The molecule has 0 aliphatic carbocycles. The third-order valence-electron chi connectivity index (χ3n) is 2.64. The fourth-order valence-corrected chi connectivity index (χ4v) is 2.87. The van der Waals surface area contributed by atoms with E-state index >= 15 is 0 Å². The zero-order chi connectivity index (χ0) is 15.6. The van der Waals surface area contributed by atoms with Gasteiger partial charge in [0.1, 0.15) is 16.4 Å². The molecule has 0 saturated carbocycles. The third kappa shape index (κ3) is 3.26. The smallest absolute Gasteiger partial charge is 0.266 e. The van der Waals surface area contributed by atoms with Gasteiger partial charge in [0.05, 0.1) is 0 Å². The van der Waals surface area contributed by atoms with Crippen molar-refractivity contribution < 1.29 is 22.1 Å². The van der Waals surface area contributed by atoms with Gasteiger partial charge in [-0.3, -0.25) is 10.2 Å². The Balaban J connectivity index is 2.12. The first kappa shape index (κ1) is 15.1. The van der Waals surface area contributed by atoms with Crippen LogP contribution in [0.1, 0.15) is 21.8 Å². The SMILES string of the molecule is Cc1noc(C)c1S(=O)(=O)NNC(=O)c1ccc(F)cc1. The molecule has 2 N–H and O–H groups in total. The molecule has 0 fully saturated rings. The van der Waals surface area contributed by atoms with Crippen LogP contribution >= 0.6 is 0 Å². The lowest BCUT2D eigenvalue weighted by molar-refractivity contribution is 0.0945. The normalized spacial score (nSPS) is 11.4. The highest BCUT2D eigenvalue weighted by Crippen LogP contribution is 2.17. The summed E-state index contributed by atoms with van der Waals surface area (Å²) in [6, 6.07) is 4.65. The van der Waals surface area contributed by atoms with Crippen LogP contribution < -0.4 is 10.3 Å². The molecule has 0 saturated heterocycles.